The van der Waals surface area contributed by atoms with Crippen molar-refractivity contribution in [2.75, 3.05) is 13.2 Å². The fourth-order valence-corrected chi connectivity index (χ4v) is 3.56. The monoisotopic (exact) mass is 411 g/mol. The highest BCUT2D eigenvalue weighted by atomic mass is 79.9. The van der Waals surface area contributed by atoms with Crippen molar-refractivity contribution in [2.45, 2.75) is 6.10 Å². The molecule has 1 unspecified atom stereocenters. The molecule has 0 amide bonds. The molecule has 7 heteroatoms. The first-order chi connectivity index (χ1) is 12.7. The second kappa shape index (κ2) is 5.96. The molecule has 2 N–H and O–H groups in total. The van der Waals surface area contributed by atoms with Crippen LogP contribution < -0.4 is 0 Å². The van der Waals surface area contributed by atoms with Gasteiger partial charge in [-0.05, 0) is 28.1 Å². The molecule has 0 aliphatic carbocycles. The van der Waals surface area contributed by atoms with Crippen LogP contribution >= 0.6 is 15.9 Å². The van der Waals surface area contributed by atoms with Gasteiger partial charge in [0.2, 0.25) is 0 Å². The van der Waals surface area contributed by atoms with Crippen LogP contribution in [0.15, 0.2) is 57.1 Å². The molecule has 1 aromatic heterocycles. The van der Waals surface area contributed by atoms with E-state index in [2.05, 4.69) is 26.1 Å². The number of ether oxygens (including phenoxy) is 1. The minimum atomic E-state index is 0.0525. The third kappa shape index (κ3) is 2.51. The van der Waals surface area contributed by atoms with Crippen molar-refractivity contribution in [1.29, 1.82) is 0 Å². The fraction of sp³-hybridized carbons (Fsp3) is 0.158. The lowest BCUT2D eigenvalue weighted by Crippen LogP contribution is -2.14. The Hall–Kier alpha value is -2.64. The molecule has 0 radical (unpaired) electrons. The smallest absolute Gasteiger partial charge is 0.199 e. The largest absolute Gasteiger partial charge is 0.494 e. The van der Waals surface area contributed by atoms with E-state index in [1.54, 1.807) is 0 Å². The number of benzene rings is 2. The van der Waals surface area contributed by atoms with Gasteiger partial charge in [-0.25, -0.2) is 4.99 Å². The zero-order valence-electron chi connectivity index (χ0n) is 13.6. The predicted octanol–water partition coefficient (Wildman–Crippen LogP) is 3.89. The summed E-state index contributed by atoms with van der Waals surface area (Å²) in [4.78, 5) is 13.2. The number of aromatic nitrogens is 1. The Morgan fingerprint density at radius 2 is 2.12 bits per heavy atom. The van der Waals surface area contributed by atoms with E-state index in [4.69, 9.17) is 14.6 Å². The van der Waals surface area contributed by atoms with Gasteiger partial charge in [0.25, 0.3) is 0 Å². The maximum atomic E-state index is 10.6. The van der Waals surface area contributed by atoms with E-state index in [0.29, 0.717) is 30.2 Å². The van der Waals surface area contributed by atoms with Crippen LogP contribution in [0.3, 0.4) is 0 Å². The second-order valence-electron chi connectivity index (χ2n) is 6.18. The Labute approximate surface area is 157 Å². The lowest BCUT2D eigenvalue weighted by Gasteiger charge is -2.04. The van der Waals surface area contributed by atoms with Crippen LogP contribution in [-0.2, 0) is 9.57 Å². The summed E-state index contributed by atoms with van der Waals surface area (Å²) >= 11 is 3.51. The number of halogens is 1. The van der Waals surface area contributed by atoms with Gasteiger partial charge in [0.05, 0.1) is 23.4 Å². The molecule has 2 aliphatic heterocycles. The number of rotatable bonds is 4. The van der Waals surface area contributed by atoms with Crippen molar-refractivity contribution < 1.29 is 14.7 Å². The van der Waals surface area contributed by atoms with Crippen molar-refractivity contribution >= 4 is 43.9 Å². The molecule has 0 saturated carbocycles. The van der Waals surface area contributed by atoms with Gasteiger partial charge in [-0.3, -0.25) is 0 Å². The van der Waals surface area contributed by atoms with Crippen molar-refractivity contribution in [3.8, 4) is 5.88 Å². The number of oxime groups is 1. The van der Waals surface area contributed by atoms with Crippen molar-refractivity contribution in [3.63, 3.8) is 0 Å². The van der Waals surface area contributed by atoms with Crippen LogP contribution in [0, 0.1) is 0 Å². The lowest BCUT2D eigenvalue weighted by atomic mass is 10.0. The number of nitrogens with zero attached hydrogens (tertiary/aromatic N) is 2. The highest BCUT2D eigenvalue weighted by Gasteiger charge is 2.30. The Kier molecular flexibility index (Phi) is 3.58. The van der Waals surface area contributed by atoms with Crippen LogP contribution in [0.1, 0.15) is 11.1 Å². The number of hydrogen-bond donors (Lipinski definition) is 2. The second-order valence-corrected chi connectivity index (χ2v) is 7.03. The van der Waals surface area contributed by atoms with Crippen LogP contribution in [0.2, 0.25) is 0 Å². The average Bonchev–Trinajstić information content (AvgIpc) is 3.30. The molecule has 3 heterocycles. The maximum Gasteiger partial charge on any atom is 0.199 e. The Morgan fingerprint density at radius 1 is 1.27 bits per heavy atom. The van der Waals surface area contributed by atoms with E-state index in [9.17, 15) is 5.11 Å². The van der Waals surface area contributed by atoms with E-state index < -0.39 is 0 Å². The van der Waals surface area contributed by atoms with Crippen molar-refractivity contribution in [2.24, 2.45) is 10.1 Å². The highest BCUT2D eigenvalue weighted by Crippen LogP contribution is 2.37. The van der Waals surface area contributed by atoms with Crippen molar-refractivity contribution in [1.82, 2.24) is 4.98 Å². The molecule has 6 nitrogen and oxygen atoms in total. The Bertz CT molecular complexity index is 1080. The molecule has 5 rings (SSSR count). The fourth-order valence-electron chi connectivity index (χ4n) is 3.10. The summed E-state index contributed by atoms with van der Waals surface area (Å²) in [5.41, 5.74) is 4.30. The molecule has 130 valence electrons. The molecular weight excluding hydrogens is 398 g/mol. The molecule has 0 spiro atoms. The summed E-state index contributed by atoms with van der Waals surface area (Å²) in [6.07, 6.45) is 0.119. The molecule has 1 saturated heterocycles. The van der Waals surface area contributed by atoms with Gasteiger partial charge in [-0.2, -0.15) is 0 Å². The van der Waals surface area contributed by atoms with E-state index in [1.807, 2.05) is 42.5 Å². The van der Waals surface area contributed by atoms with E-state index in [0.717, 1.165) is 26.6 Å². The van der Waals surface area contributed by atoms with Crippen LogP contribution in [-0.4, -0.2) is 40.8 Å². The molecular formula is C19H14BrN3O3. The number of aromatic amines is 1. The first-order valence-corrected chi connectivity index (χ1v) is 9.01. The number of aromatic hydroxyl groups is 1. The van der Waals surface area contributed by atoms with E-state index in [-0.39, 0.29) is 12.0 Å². The van der Waals surface area contributed by atoms with Gasteiger partial charge in [-0.15, -0.1) is 0 Å². The van der Waals surface area contributed by atoms with Gasteiger partial charge in [0.15, 0.2) is 5.88 Å². The van der Waals surface area contributed by atoms with E-state index in [1.165, 1.54) is 0 Å². The Balaban J connectivity index is 1.65. The highest BCUT2D eigenvalue weighted by molar-refractivity contribution is 9.10. The summed E-state index contributed by atoms with van der Waals surface area (Å²) < 4.78 is 6.03. The number of aliphatic imine (C=N–C) groups is 1. The Morgan fingerprint density at radius 3 is 2.96 bits per heavy atom. The molecule has 1 atom stereocenters. The number of hydrogen-bond acceptors (Lipinski definition) is 5. The van der Waals surface area contributed by atoms with Gasteiger partial charge in [-0.1, -0.05) is 35.5 Å². The molecule has 1 fully saturated rings. The summed E-state index contributed by atoms with van der Waals surface area (Å²) in [5.74, 6) is 0.0525. The minimum Gasteiger partial charge on any atom is -0.494 e. The quantitative estimate of drug-likeness (QED) is 0.504. The third-order valence-electron chi connectivity index (χ3n) is 4.43. The van der Waals surface area contributed by atoms with Gasteiger partial charge >= 0.3 is 0 Å². The number of H-pyrrole nitrogens is 1. The summed E-state index contributed by atoms with van der Waals surface area (Å²) in [7, 11) is 0. The predicted molar refractivity (Wildman–Crippen MR) is 103 cm³/mol. The third-order valence-corrected chi connectivity index (χ3v) is 5.10. The van der Waals surface area contributed by atoms with Crippen LogP contribution in [0.25, 0.3) is 10.9 Å². The van der Waals surface area contributed by atoms with Crippen LogP contribution in [0.4, 0.5) is 5.69 Å². The van der Waals surface area contributed by atoms with E-state index >= 15 is 0 Å². The molecule has 26 heavy (non-hydrogen) atoms. The minimum absolute atomic E-state index is 0.0525. The van der Waals surface area contributed by atoms with Gasteiger partial charge < -0.3 is 19.7 Å². The first kappa shape index (κ1) is 15.6. The molecule has 0 bridgehead atoms. The summed E-state index contributed by atoms with van der Waals surface area (Å²) in [6, 6.07) is 13.5. The zero-order chi connectivity index (χ0) is 17.7. The normalized spacial score (nSPS) is 19.7. The van der Waals surface area contributed by atoms with Crippen molar-refractivity contribution in [3.05, 3.63) is 58.1 Å². The number of nitrogens with one attached hydrogen (secondary N) is 1. The van der Waals surface area contributed by atoms with Gasteiger partial charge in [0.1, 0.15) is 24.1 Å². The summed E-state index contributed by atoms with van der Waals surface area (Å²) in [5, 5.41) is 15.8. The molecule has 3 aromatic rings. The maximum absolute atomic E-state index is 10.6. The topological polar surface area (TPSA) is 82.5 Å². The SMILES string of the molecule is Oc1[nH]c2c(Br)cccc2c1C1=Nc2ccccc2/C1=N\OCC1CO1. The summed E-state index contributed by atoms with van der Waals surface area (Å²) in [6.45, 7) is 1.12. The number of epoxide rings is 1. The zero-order valence-corrected chi connectivity index (χ0v) is 15.2. The number of fused-ring (bicyclic) bond motifs is 2. The number of para-hydroxylation sites is 2. The standard InChI is InChI=1S/C19H14BrN3O3/c20-13-6-3-5-12-15(19(24)22-16(12)13)18-17(23-26-9-10-8-25-10)11-4-1-2-7-14(11)21-18/h1-7,10,22,24H,8-9H2/b23-17+. The van der Waals surface area contributed by atoms with Gasteiger partial charge in [0, 0.05) is 15.4 Å². The molecule has 2 aliphatic rings. The average molecular weight is 412 g/mol. The van der Waals surface area contributed by atoms with Crippen LogP contribution in [0.5, 0.6) is 5.88 Å². The first-order valence-electron chi connectivity index (χ1n) is 8.22. The molecule has 2 aromatic carbocycles. The lowest BCUT2D eigenvalue weighted by molar-refractivity contribution is 0.125.